The predicted molar refractivity (Wildman–Crippen MR) is 60.6 cm³/mol. The number of hydrogen-bond donors (Lipinski definition) is 0. The zero-order valence-corrected chi connectivity index (χ0v) is 9.36. The first-order valence-electron chi connectivity index (χ1n) is 5.20. The molecule has 0 saturated heterocycles. The molecule has 14 heavy (non-hydrogen) atoms. The molecule has 2 rings (SSSR count). The van der Waals surface area contributed by atoms with Gasteiger partial charge in [-0.3, -0.25) is 0 Å². The van der Waals surface area contributed by atoms with Crippen LogP contribution in [0.5, 0.6) is 0 Å². The average Bonchev–Trinajstić information content (AvgIpc) is 2.67. The number of nitrogens with zero attached hydrogens (tertiary/aromatic N) is 2. The van der Waals surface area contributed by atoms with Crippen LogP contribution < -0.4 is 0 Å². The maximum absolute atomic E-state index is 4.18. The van der Waals surface area contributed by atoms with Gasteiger partial charge in [-0.2, -0.15) is 0 Å². The number of rotatable bonds is 1. The van der Waals surface area contributed by atoms with Crippen molar-refractivity contribution in [1.29, 1.82) is 0 Å². The zero-order valence-electron chi connectivity index (χ0n) is 9.36. The molecule has 0 aromatic carbocycles. The van der Waals surface area contributed by atoms with E-state index < -0.39 is 0 Å². The second-order valence-electron chi connectivity index (χ2n) is 3.31. The third kappa shape index (κ3) is 2.13. The number of fused-ring (bicyclic) bond motifs is 1. The minimum atomic E-state index is 0.580. The fourth-order valence-electron chi connectivity index (χ4n) is 1.28. The highest BCUT2D eigenvalue weighted by atomic mass is 15.0. The van der Waals surface area contributed by atoms with Gasteiger partial charge >= 0.3 is 0 Å². The SMILES string of the molecule is CC.CC(C)c1ccc2nccn2c1. The summed E-state index contributed by atoms with van der Waals surface area (Å²) in [6.07, 6.45) is 5.92. The largest absolute Gasteiger partial charge is 0.307 e. The fourth-order valence-corrected chi connectivity index (χ4v) is 1.28. The minimum absolute atomic E-state index is 0.580. The van der Waals surface area contributed by atoms with E-state index in [4.69, 9.17) is 0 Å². The van der Waals surface area contributed by atoms with Gasteiger partial charge in [-0.15, -0.1) is 0 Å². The van der Waals surface area contributed by atoms with Gasteiger partial charge in [0.25, 0.3) is 0 Å². The Hall–Kier alpha value is -1.31. The maximum Gasteiger partial charge on any atom is 0.136 e. The summed E-state index contributed by atoms with van der Waals surface area (Å²) in [7, 11) is 0. The van der Waals surface area contributed by atoms with E-state index in [0.717, 1.165) is 5.65 Å². The summed E-state index contributed by atoms with van der Waals surface area (Å²) >= 11 is 0. The van der Waals surface area contributed by atoms with Gasteiger partial charge in [-0.05, 0) is 17.5 Å². The Kier molecular flexibility index (Phi) is 3.69. The smallest absolute Gasteiger partial charge is 0.136 e. The summed E-state index contributed by atoms with van der Waals surface area (Å²) < 4.78 is 2.05. The minimum Gasteiger partial charge on any atom is -0.307 e. The first kappa shape index (κ1) is 10.8. The van der Waals surface area contributed by atoms with Gasteiger partial charge in [0.2, 0.25) is 0 Å². The molecule has 2 heterocycles. The molecule has 0 unspecified atom stereocenters. The lowest BCUT2D eigenvalue weighted by atomic mass is 10.1. The molecule has 0 bridgehead atoms. The topological polar surface area (TPSA) is 17.3 Å². The Bertz CT molecular complexity index is 388. The van der Waals surface area contributed by atoms with Crippen LogP contribution in [0.2, 0.25) is 0 Å². The highest BCUT2D eigenvalue weighted by Gasteiger charge is 1.99. The van der Waals surface area contributed by atoms with Crippen molar-refractivity contribution in [2.45, 2.75) is 33.6 Å². The quantitative estimate of drug-likeness (QED) is 0.673. The van der Waals surface area contributed by atoms with E-state index in [-0.39, 0.29) is 0 Å². The van der Waals surface area contributed by atoms with Crippen LogP contribution in [0, 0.1) is 0 Å². The first-order valence-corrected chi connectivity index (χ1v) is 5.20. The summed E-state index contributed by atoms with van der Waals surface area (Å²) in [5.41, 5.74) is 2.36. The first-order chi connectivity index (χ1) is 6.77. The molecule has 2 nitrogen and oxygen atoms in total. The highest BCUT2D eigenvalue weighted by Crippen LogP contribution is 2.14. The van der Waals surface area contributed by atoms with E-state index in [9.17, 15) is 0 Å². The van der Waals surface area contributed by atoms with Crippen molar-refractivity contribution in [2.75, 3.05) is 0 Å². The van der Waals surface area contributed by atoms with E-state index in [1.165, 1.54) is 5.56 Å². The number of imidazole rings is 1. The molecule has 0 N–H and O–H groups in total. The molecule has 0 radical (unpaired) electrons. The number of hydrogen-bond acceptors (Lipinski definition) is 1. The summed E-state index contributed by atoms with van der Waals surface area (Å²) in [6, 6.07) is 4.18. The third-order valence-corrected chi connectivity index (χ3v) is 2.08. The monoisotopic (exact) mass is 190 g/mol. The average molecular weight is 190 g/mol. The van der Waals surface area contributed by atoms with Crippen molar-refractivity contribution < 1.29 is 0 Å². The van der Waals surface area contributed by atoms with Crippen molar-refractivity contribution >= 4 is 5.65 Å². The van der Waals surface area contributed by atoms with Crippen LogP contribution in [0.1, 0.15) is 39.2 Å². The molecule has 0 fully saturated rings. The molecule has 0 aliphatic heterocycles. The highest BCUT2D eigenvalue weighted by molar-refractivity contribution is 5.39. The van der Waals surface area contributed by atoms with Crippen LogP contribution in [-0.2, 0) is 0 Å². The van der Waals surface area contributed by atoms with E-state index in [0.29, 0.717) is 5.92 Å². The van der Waals surface area contributed by atoms with Crippen molar-refractivity contribution in [3.8, 4) is 0 Å². The van der Waals surface area contributed by atoms with Gasteiger partial charge in [0.15, 0.2) is 0 Å². The molecule has 0 atom stereocenters. The molecule has 2 aromatic rings. The maximum atomic E-state index is 4.18. The molecule has 0 aliphatic carbocycles. The van der Waals surface area contributed by atoms with Crippen molar-refractivity contribution in [3.63, 3.8) is 0 Å². The molecule has 76 valence electrons. The van der Waals surface area contributed by atoms with Crippen LogP contribution in [-0.4, -0.2) is 9.38 Å². The molecule has 2 heteroatoms. The molecule has 0 aliphatic rings. The van der Waals surface area contributed by atoms with E-state index >= 15 is 0 Å². The molecule has 2 aromatic heterocycles. The summed E-state index contributed by atoms with van der Waals surface area (Å²) in [5, 5.41) is 0. The summed E-state index contributed by atoms with van der Waals surface area (Å²) in [4.78, 5) is 4.18. The lowest BCUT2D eigenvalue weighted by molar-refractivity contribution is 0.854. The Balaban J connectivity index is 0.000000461. The van der Waals surface area contributed by atoms with Crippen molar-refractivity contribution in [1.82, 2.24) is 9.38 Å². The molecule has 0 saturated carbocycles. The third-order valence-electron chi connectivity index (χ3n) is 2.08. The second kappa shape index (κ2) is 4.80. The summed E-state index contributed by atoms with van der Waals surface area (Å²) in [6.45, 7) is 8.39. The standard InChI is InChI=1S/C10H12N2.C2H6/c1-8(2)9-3-4-10-11-5-6-12(10)7-9;1-2/h3-8H,1-2H3;1-2H3. The predicted octanol–water partition coefficient (Wildman–Crippen LogP) is 3.48. The van der Waals surface area contributed by atoms with Gasteiger partial charge in [0.1, 0.15) is 5.65 Å². The summed E-state index contributed by atoms with van der Waals surface area (Å²) in [5.74, 6) is 0.580. The lowest BCUT2D eigenvalue weighted by Gasteiger charge is -2.04. The van der Waals surface area contributed by atoms with Crippen LogP contribution >= 0.6 is 0 Å². The Morgan fingerprint density at radius 2 is 1.93 bits per heavy atom. The zero-order chi connectivity index (χ0) is 10.6. The van der Waals surface area contributed by atoms with Gasteiger partial charge in [0.05, 0.1) is 0 Å². The Morgan fingerprint density at radius 1 is 1.21 bits per heavy atom. The van der Waals surface area contributed by atoms with Gasteiger partial charge in [-0.25, -0.2) is 4.98 Å². The number of aromatic nitrogens is 2. The molecule has 0 spiro atoms. The van der Waals surface area contributed by atoms with Crippen molar-refractivity contribution in [3.05, 3.63) is 36.3 Å². The normalized spacial score (nSPS) is 10.1. The number of pyridine rings is 1. The van der Waals surface area contributed by atoms with Gasteiger partial charge in [-0.1, -0.05) is 33.8 Å². The van der Waals surface area contributed by atoms with Crippen LogP contribution in [0.4, 0.5) is 0 Å². The Morgan fingerprint density at radius 3 is 2.57 bits per heavy atom. The van der Waals surface area contributed by atoms with Gasteiger partial charge < -0.3 is 4.40 Å². The Labute approximate surface area is 85.6 Å². The van der Waals surface area contributed by atoms with Gasteiger partial charge in [0, 0.05) is 18.6 Å². The van der Waals surface area contributed by atoms with E-state index in [1.807, 2.05) is 26.2 Å². The molecule has 0 amide bonds. The fraction of sp³-hybridized carbons (Fsp3) is 0.417. The van der Waals surface area contributed by atoms with Crippen LogP contribution in [0.15, 0.2) is 30.7 Å². The molecular formula is C12H18N2. The van der Waals surface area contributed by atoms with Crippen LogP contribution in [0.25, 0.3) is 5.65 Å². The van der Waals surface area contributed by atoms with Crippen LogP contribution in [0.3, 0.4) is 0 Å². The lowest BCUT2D eigenvalue weighted by Crippen LogP contribution is -1.91. The van der Waals surface area contributed by atoms with E-state index in [2.05, 4.69) is 41.6 Å². The van der Waals surface area contributed by atoms with Crippen molar-refractivity contribution in [2.24, 2.45) is 0 Å². The van der Waals surface area contributed by atoms with E-state index in [1.54, 1.807) is 0 Å². The molecular weight excluding hydrogens is 172 g/mol. The second-order valence-corrected chi connectivity index (χ2v) is 3.31.